The molecule has 1 aromatic carbocycles. The number of hydrogen-bond acceptors (Lipinski definition) is 5. The van der Waals surface area contributed by atoms with Crippen molar-refractivity contribution in [3.63, 3.8) is 0 Å². The summed E-state index contributed by atoms with van der Waals surface area (Å²) in [5.74, 6) is 0.962. The van der Waals surface area contributed by atoms with Crippen LogP contribution in [0.4, 0.5) is 0 Å². The minimum absolute atomic E-state index is 0.0931. The first kappa shape index (κ1) is 22.7. The molecule has 2 aliphatic heterocycles. The molecular formula is C27H41BN2O4. The average molecular weight is 470 g/mol. The molecule has 2 heterocycles. The van der Waals surface area contributed by atoms with E-state index in [9.17, 15) is 4.79 Å². The Morgan fingerprint density at radius 2 is 1.82 bits per heavy atom. The molecule has 34 heavy (non-hydrogen) atoms. The SMILES string of the molecule is [2H]C([2H])(OCC)c1cc(CN2C(=O)C3(CCCC3)N=C2CCCC)ccc1B1OC(C)(C)C(C)(C)O1. The van der Waals surface area contributed by atoms with Gasteiger partial charge in [-0.25, -0.2) is 0 Å². The summed E-state index contributed by atoms with van der Waals surface area (Å²) >= 11 is 0. The minimum Gasteiger partial charge on any atom is -0.399 e. The summed E-state index contributed by atoms with van der Waals surface area (Å²) < 4.78 is 35.4. The maximum atomic E-state index is 13.6. The summed E-state index contributed by atoms with van der Waals surface area (Å²) in [6.45, 7) is 10.4. The Balaban J connectivity index is 1.68. The summed E-state index contributed by atoms with van der Waals surface area (Å²) in [6.07, 6.45) is 6.50. The highest BCUT2D eigenvalue weighted by Gasteiger charge is 2.52. The molecule has 0 atom stereocenters. The monoisotopic (exact) mass is 470 g/mol. The molecule has 2 fully saturated rings. The third-order valence-corrected chi connectivity index (χ3v) is 7.77. The molecular weight excluding hydrogens is 427 g/mol. The van der Waals surface area contributed by atoms with Crippen molar-refractivity contribution < 1.29 is 21.6 Å². The molecule has 6 nitrogen and oxygen atoms in total. The van der Waals surface area contributed by atoms with Gasteiger partial charge in [0.2, 0.25) is 0 Å². The van der Waals surface area contributed by atoms with E-state index in [-0.39, 0.29) is 12.5 Å². The molecule has 7 heteroatoms. The zero-order chi connectivity index (χ0) is 26.4. The topological polar surface area (TPSA) is 60.4 Å². The highest BCUT2D eigenvalue weighted by Crippen LogP contribution is 2.40. The van der Waals surface area contributed by atoms with Crippen LogP contribution in [0, 0.1) is 0 Å². The molecule has 0 aromatic heterocycles. The predicted octanol–water partition coefficient (Wildman–Crippen LogP) is 4.77. The fourth-order valence-corrected chi connectivity index (χ4v) is 5.00. The number of hydrogen-bond donors (Lipinski definition) is 0. The normalized spacial score (nSPS) is 24.1. The van der Waals surface area contributed by atoms with Crippen LogP contribution >= 0.6 is 0 Å². The Hall–Kier alpha value is -1.70. The highest BCUT2D eigenvalue weighted by atomic mass is 16.7. The van der Waals surface area contributed by atoms with Crippen molar-refractivity contribution in [1.29, 1.82) is 0 Å². The Labute approximate surface area is 208 Å². The number of nitrogens with zero attached hydrogens (tertiary/aromatic N) is 2. The number of unbranched alkanes of at least 4 members (excludes halogenated alkanes) is 1. The predicted molar refractivity (Wildman–Crippen MR) is 136 cm³/mol. The summed E-state index contributed by atoms with van der Waals surface area (Å²) in [4.78, 5) is 20.4. The Bertz CT molecular complexity index is 1010. The van der Waals surface area contributed by atoms with Gasteiger partial charge in [0.15, 0.2) is 0 Å². The van der Waals surface area contributed by atoms with Gasteiger partial charge in [0.25, 0.3) is 5.91 Å². The van der Waals surface area contributed by atoms with E-state index in [1.807, 2.05) is 44.7 Å². The highest BCUT2D eigenvalue weighted by molar-refractivity contribution is 6.62. The molecule has 0 radical (unpaired) electrons. The molecule has 186 valence electrons. The Morgan fingerprint density at radius 3 is 2.44 bits per heavy atom. The lowest BCUT2D eigenvalue weighted by Gasteiger charge is -2.32. The fraction of sp³-hybridized carbons (Fsp3) is 0.704. The van der Waals surface area contributed by atoms with Gasteiger partial charge < -0.3 is 14.0 Å². The molecule has 0 unspecified atom stereocenters. The van der Waals surface area contributed by atoms with Gasteiger partial charge >= 0.3 is 7.12 Å². The Morgan fingerprint density at radius 1 is 1.15 bits per heavy atom. The second kappa shape index (κ2) is 9.75. The molecule has 1 amide bonds. The maximum Gasteiger partial charge on any atom is 0.495 e. The van der Waals surface area contributed by atoms with Crippen LogP contribution in [0.3, 0.4) is 0 Å². The van der Waals surface area contributed by atoms with E-state index in [4.69, 9.17) is 21.8 Å². The second-order valence-corrected chi connectivity index (χ2v) is 10.8. The number of benzene rings is 1. The van der Waals surface area contributed by atoms with Gasteiger partial charge in [0.05, 0.1) is 27.0 Å². The Kier molecular flexibility index (Phi) is 6.52. The van der Waals surface area contributed by atoms with E-state index in [2.05, 4.69) is 6.92 Å². The van der Waals surface area contributed by atoms with Crippen molar-refractivity contribution in [3.05, 3.63) is 29.3 Å². The van der Waals surface area contributed by atoms with Gasteiger partial charge in [-0.05, 0) is 70.5 Å². The maximum absolute atomic E-state index is 13.6. The van der Waals surface area contributed by atoms with Crippen LogP contribution in [0.25, 0.3) is 0 Å². The molecule has 1 saturated carbocycles. The van der Waals surface area contributed by atoms with Crippen LogP contribution in [0.2, 0.25) is 0 Å². The summed E-state index contributed by atoms with van der Waals surface area (Å²) in [7, 11) is -0.716. The van der Waals surface area contributed by atoms with Crippen LogP contribution in [-0.4, -0.2) is 47.1 Å². The van der Waals surface area contributed by atoms with E-state index in [1.54, 1.807) is 13.0 Å². The molecule has 0 N–H and O–H groups in total. The van der Waals surface area contributed by atoms with Crippen molar-refractivity contribution in [2.45, 2.75) is 116 Å². The number of carbonyl (C=O) groups is 1. The first-order chi connectivity index (χ1) is 16.9. The molecule has 1 spiro atoms. The molecule has 4 rings (SSSR count). The first-order valence-corrected chi connectivity index (χ1v) is 12.9. The van der Waals surface area contributed by atoms with E-state index in [0.29, 0.717) is 17.6 Å². The van der Waals surface area contributed by atoms with Crippen molar-refractivity contribution in [1.82, 2.24) is 4.90 Å². The second-order valence-electron chi connectivity index (χ2n) is 10.8. The number of rotatable bonds is 9. The van der Waals surface area contributed by atoms with Gasteiger partial charge in [-0.2, -0.15) is 0 Å². The third-order valence-electron chi connectivity index (χ3n) is 7.77. The lowest BCUT2D eigenvalue weighted by molar-refractivity contribution is -0.131. The summed E-state index contributed by atoms with van der Waals surface area (Å²) in [6, 6.07) is 5.61. The third kappa shape index (κ3) is 4.71. The standard InChI is InChI=1S/C27H41BN2O4/c1-7-9-12-23-29-27(15-10-11-16-27)24(31)30(23)18-20-13-14-22(21(17-20)19-32-8-2)28-33-25(3,4)26(5,6)34-28/h13-14,17H,7-12,15-16,18-19H2,1-6H3/i19D2. The zero-order valence-electron chi connectivity index (χ0n) is 23.7. The molecule has 1 saturated heterocycles. The lowest BCUT2D eigenvalue weighted by Crippen LogP contribution is -2.41. The van der Waals surface area contributed by atoms with Crippen LogP contribution < -0.4 is 5.46 Å². The van der Waals surface area contributed by atoms with Crippen molar-refractivity contribution in [2.24, 2.45) is 4.99 Å². The number of aliphatic imine (C=N–C) groups is 1. The van der Waals surface area contributed by atoms with E-state index >= 15 is 0 Å². The first-order valence-electron chi connectivity index (χ1n) is 13.9. The molecule has 3 aliphatic rings. The molecule has 0 bridgehead atoms. The molecule has 1 aliphatic carbocycles. The average Bonchev–Trinajstić information content (AvgIpc) is 3.43. The van der Waals surface area contributed by atoms with E-state index in [0.717, 1.165) is 56.3 Å². The number of amidine groups is 1. The van der Waals surface area contributed by atoms with Crippen LogP contribution in [0.5, 0.6) is 0 Å². The van der Waals surface area contributed by atoms with Crippen LogP contribution in [0.1, 0.15) is 100 Å². The van der Waals surface area contributed by atoms with Gasteiger partial charge in [0, 0.05) is 13.0 Å². The van der Waals surface area contributed by atoms with Gasteiger partial charge in [-0.15, -0.1) is 0 Å². The number of ether oxygens (including phenoxy) is 1. The van der Waals surface area contributed by atoms with E-state index < -0.39 is 30.4 Å². The van der Waals surface area contributed by atoms with Crippen molar-refractivity contribution >= 4 is 24.3 Å². The lowest BCUT2D eigenvalue weighted by atomic mass is 9.75. The number of amides is 1. The van der Waals surface area contributed by atoms with Crippen molar-refractivity contribution in [3.8, 4) is 0 Å². The fourth-order valence-electron chi connectivity index (χ4n) is 5.00. The largest absolute Gasteiger partial charge is 0.495 e. The number of carbonyl (C=O) groups excluding carboxylic acids is 1. The zero-order valence-corrected chi connectivity index (χ0v) is 21.7. The summed E-state index contributed by atoms with van der Waals surface area (Å²) in [5.41, 5.74) is 0.128. The molecule has 1 aromatic rings. The van der Waals surface area contributed by atoms with Gasteiger partial charge in [-0.3, -0.25) is 14.7 Å². The van der Waals surface area contributed by atoms with Gasteiger partial charge in [-0.1, -0.05) is 44.4 Å². The van der Waals surface area contributed by atoms with Crippen LogP contribution in [0.15, 0.2) is 23.2 Å². The summed E-state index contributed by atoms with van der Waals surface area (Å²) in [5, 5.41) is 0. The van der Waals surface area contributed by atoms with Gasteiger partial charge in [0.1, 0.15) is 11.4 Å². The van der Waals surface area contributed by atoms with E-state index in [1.165, 1.54) is 0 Å². The minimum atomic E-state index is -2.04. The smallest absolute Gasteiger partial charge is 0.399 e. The van der Waals surface area contributed by atoms with Crippen LogP contribution in [-0.2, 0) is 31.9 Å². The quantitative estimate of drug-likeness (QED) is 0.488. The van der Waals surface area contributed by atoms with Crippen molar-refractivity contribution in [2.75, 3.05) is 6.61 Å².